The first kappa shape index (κ1) is 10.8. The maximum atomic E-state index is 12.1. The van der Waals surface area contributed by atoms with Gasteiger partial charge in [0.2, 0.25) is 5.91 Å². The van der Waals surface area contributed by atoms with E-state index in [1.807, 2.05) is 0 Å². The lowest BCUT2D eigenvalue weighted by atomic mass is 10.1. The molecule has 0 aromatic heterocycles. The average Bonchev–Trinajstić information content (AvgIpc) is 2.98. The Kier molecular flexibility index (Phi) is 2.85. The van der Waals surface area contributed by atoms with E-state index < -0.39 is 0 Å². The second-order valence-electron chi connectivity index (χ2n) is 4.99. The molecular formula is C14H18N2O. The van der Waals surface area contributed by atoms with Crippen molar-refractivity contribution in [2.24, 2.45) is 5.92 Å². The maximum Gasteiger partial charge on any atom is 0.224 e. The lowest BCUT2D eigenvalue weighted by Gasteiger charge is -2.16. The summed E-state index contributed by atoms with van der Waals surface area (Å²) in [4.78, 5) is 12.1. The van der Waals surface area contributed by atoms with E-state index in [0.29, 0.717) is 0 Å². The molecule has 1 heterocycles. The normalized spacial score (nSPS) is 26.8. The molecule has 2 atom stereocenters. The molecule has 90 valence electrons. The zero-order chi connectivity index (χ0) is 11.7. The summed E-state index contributed by atoms with van der Waals surface area (Å²) in [5, 5.41) is 6.43. The largest absolute Gasteiger partial charge is 0.349 e. The molecule has 0 saturated carbocycles. The highest BCUT2D eigenvalue weighted by Gasteiger charge is 2.28. The minimum absolute atomic E-state index is 0.169. The first-order valence-corrected chi connectivity index (χ1v) is 6.43. The van der Waals surface area contributed by atoms with Crippen molar-refractivity contribution in [3.8, 4) is 0 Å². The van der Waals surface area contributed by atoms with Crippen LogP contribution in [0, 0.1) is 5.92 Å². The van der Waals surface area contributed by atoms with Crippen molar-refractivity contribution in [2.45, 2.75) is 25.3 Å². The van der Waals surface area contributed by atoms with E-state index in [1.165, 1.54) is 11.1 Å². The van der Waals surface area contributed by atoms with Gasteiger partial charge in [0.1, 0.15) is 0 Å². The summed E-state index contributed by atoms with van der Waals surface area (Å²) in [5.41, 5.74) is 2.70. The molecule has 2 unspecified atom stereocenters. The second kappa shape index (κ2) is 4.49. The van der Waals surface area contributed by atoms with E-state index >= 15 is 0 Å². The monoisotopic (exact) mass is 230 g/mol. The number of carbonyl (C=O) groups is 1. The van der Waals surface area contributed by atoms with Gasteiger partial charge >= 0.3 is 0 Å². The zero-order valence-corrected chi connectivity index (χ0v) is 9.91. The number of benzene rings is 1. The van der Waals surface area contributed by atoms with Gasteiger partial charge in [0, 0.05) is 6.54 Å². The fraction of sp³-hybridized carbons (Fsp3) is 0.500. The molecule has 2 N–H and O–H groups in total. The first-order chi connectivity index (χ1) is 8.34. The van der Waals surface area contributed by atoms with Gasteiger partial charge in [-0.25, -0.2) is 0 Å². The van der Waals surface area contributed by atoms with Crippen LogP contribution in [0.1, 0.15) is 30.0 Å². The van der Waals surface area contributed by atoms with Crippen LogP contribution in [0.4, 0.5) is 0 Å². The maximum absolute atomic E-state index is 12.1. The molecule has 0 bridgehead atoms. The van der Waals surface area contributed by atoms with Crippen molar-refractivity contribution in [1.29, 1.82) is 0 Å². The fourth-order valence-corrected chi connectivity index (χ4v) is 2.88. The van der Waals surface area contributed by atoms with Crippen LogP contribution in [-0.2, 0) is 11.2 Å². The number of fused-ring (bicyclic) bond motifs is 1. The molecule has 2 aliphatic rings. The summed E-state index contributed by atoms with van der Waals surface area (Å²) in [5.74, 6) is 0.388. The number of aryl methyl sites for hydroxylation is 1. The number of hydrogen-bond donors (Lipinski definition) is 2. The quantitative estimate of drug-likeness (QED) is 0.806. The van der Waals surface area contributed by atoms with Gasteiger partial charge in [0.05, 0.1) is 12.0 Å². The Labute approximate surface area is 102 Å². The van der Waals surface area contributed by atoms with Gasteiger partial charge in [0.15, 0.2) is 0 Å². The average molecular weight is 230 g/mol. The molecule has 1 aliphatic carbocycles. The van der Waals surface area contributed by atoms with Crippen LogP contribution in [0.25, 0.3) is 0 Å². The third-order valence-electron chi connectivity index (χ3n) is 3.88. The van der Waals surface area contributed by atoms with Gasteiger partial charge in [-0.3, -0.25) is 4.79 Å². The Hall–Kier alpha value is -1.35. The van der Waals surface area contributed by atoms with Gasteiger partial charge in [-0.15, -0.1) is 0 Å². The number of amides is 1. The summed E-state index contributed by atoms with van der Waals surface area (Å²) in [6.07, 6.45) is 3.11. The summed E-state index contributed by atoms with van der Waals surface area (Å²) in [6, 6.07) is 8.67. The lowest BCUT2D eigenvalue weighted by Crippen LogP contribution is -2.34. The molecule has 17 heavy (non-hydrogen) atoms. The predicted octanol–water partition coefficient (Wildman–Crippen LogP) is 1.40. The zero-order valence-electron chi connectivity index (χ0n) is 9.91. The summed E-state index contributed by atoms with van der Waals surface area (Å²) < 4.78 is 0. The van der Waals surface area contributed by atoms with E-state index in [-0.39, 0.29) is 17.9 Å². The SMILES string of the molecule is O=C(NC1CCc2ccccc21)C1CCNC1. The Balaban J connectivity index is 1.68. The predicted molar refractivity (Wildman–Crippen MR) is 66.6 cm³/mol. The van der Waals surface area contributed by atoms with E-state index in [0.717, 1.165) is 32.4 Å². The van der Waals surface area contributed by atoms with Crippen molar-refractivity contribution in [3.63, 3.8) is 0 Å². The lowest BCUT2D eigenvalue weighted by molar-refractivity contribution is -0.125. The van der Waals surface area contributed by atoms with Crippen molar-refractivity contribution in [1.82, 2.24) is 10.6 Å². The van der Waals surface area contributed by atoms with Gasteiger partial charge in [-0.1, -0.05) is 24.3 Å². The molecule has 0 spiro atoms. The number of hydrogen-bond acceptors (Lipinski definition) is 2. The summed E-state index contributed by atoms with van der Waals surface area (Å²) >= 11 is 0. The topological polar surface area (TPSA) is 41.1 Å². The Morgan fingerprint density at radius 1 is 1.29 bits per heavy atom. The number of nitrogens with one attached hydrogen (secondary N) is 2. The molecular weight excluding hydrogens is 212 g/mol. The van der Waals surface area contributed by atoms with Gasteiger partial charge in [-0.2, -0.15) is 0 Å². The van der Waals surface area contributed by atoms with E-state index in [2.05, 4.69) is 34.9 Å². The molecule has 0 radical (unpaired) electrons. The van der Waals surface area contributed by atoms with Crippen molar-refractivity contribution >= 4 is 5.91 Å². The third-order valence-corrected chi connectivity index (χ3v) is 3.88. The molecule has 3 heteroatoms. The highest BCUT2D eigenvalue weighted by molar-refractivity contribution is 5.79. The summed E-state index contributed by atoms with van der Waals surface area (Å²) in [7, 11) is 0. The molecule has 1 aliphatic heterocycles. The second-order valence-corrected chi connectivity index (χ2v) is 4.99. The van der Waals surface area contributed by atoms with Crippen LogP contribution in [0.5, 0.6) is 0 Å². The van der Waals surface area contributed by atoms with Crippen LogP contribution in [0.2, 0.25) is 0 Å². The smallest absolute Gasteiger partial charge is 0.224 e. The highest BCUT2D eigenvalue weighted by atomic mass is 16.2. The number of carbonyl (C=O) groups excluding carboxylic acids is 1. The van der Waals surface area contributed by atoms with Crippen molar-refractivity contribution in [2.75, 3.05) is 13.1 Å². The minimum Gasteiger partial charge on any atom is -0.349 e. The van der Waals surface area contributed by atoms with Gasteiger partial charge in [0.25, 0.3) is 0 Å². The van der Waals surface area contributed by atoms with Crippen molar-refractivity contribution < 1.29 is 4.79 Å². The Morgan fingerprint density at radius 2 is 2.18 bits per heavy atom. The molecule has 1 saturated heterocycles. The Bertz CT molecular complexity index is 424. The van der Waals surface area contributed by atoms with Crippen molar-refractivity contribution in [3.05, 3.63) is 35.4 Å². The van der Waals surface area contributed by atoms with Gasteiger partial charge in [-0.05, 0) is 36.9 Å². The first-order valence-electron chi connectivity index (χ1n) is 6.43. The third kappa shape index (κ3) is 2.07. The molecule has 1 fully saturated rings. The van der Waals surface area contributed by atoms with Crippen LogP contribution < -0.4 is 10.6 Å². The minimum atomic E-state index is 0.169. The van der Waals surface area contributed by atoms with E-state index in [1.54, 1.807) is 0 Å². The molecule has 3 rings (SSSR count). The Morgan fingerprint density at radius 3 is 3.00 bits per heavy atom. The van der Waals surface area contributed by atoms with Crippen LogP contribution in [0.15, 0.2) is 24.3 Å². The standard InChI is InChI=1S/C14H18N2O/c17-14(11-7-8-15-9-11)16-13-6-5-10-3-1-2-4-12(10)13/h1-4,11,13,15H,5-9H2,(H,16,17). The van der Waals surface area contributed by atoms with Crippen LogP contribution in [-0.4, -0.2) is 19.0 Å². The van der Waals surface area contributed by atoms with E-state index in [4.69, 9.17) is 0 Å². The molecule has 1 aromatic carbocycles. The molecule has 3 nitrogen and oxygen atoms in total. The fourth-order valence-electron chi connectivity index (χ4n) is 2.88. The highest BCUT2D eigenvalue weighted by Crippen LogP contribution is 2.31. The number of rotatable bonds is 2. The molecule has 1 amide bonds. The van der Waals surface area contributed by atoms with Gasteiger partial charge < -0.3 is 10.6 Å². The van der Waals surface area contributed by atoms with Crippen LogP contribution in [0.3, 0.4) is 0 Å². The van der Waals surface area contributed by atoms with Crippen LogP contribution >= 0.6 is 0 Å². The molecule has 1 aromatic rings. The van der Waals surface area contributed by atoms with E-state index in [9.17, 15) is 4.79 Å². The summed E-state index contributed by atoms with van der Waals surface area (Å²) in [6.45, 7) is 1.81.